The van der Waals surface area contributed by atoms with Crippen LogP contribution >= 0.6 is 23.2 Å². The van der Waals surface area contributed by atoms with E-state index in [0.29, 0.717) is 5.56 Å². The number of Topliss-reactive ketones (excluding diaryl/α,β-unsaturated/α-hetero) is 1. The maximum Gasteiger partial charge on any atom is 0.296 e. The standard InChI is InChI=1S/C23H16Cl2FNO5/c1-31-22-15(9-13(24)10-16(22)25)20(28)18-19(17-3-2-8-32-17)27(23(30)21(18)29)11-12-4-6-14(26)7-5-12/h2-10,19,28H,11H2,1H3/b20-18-. The number of benzene rings is 2. The van der Waals surface area contributed by atoms with E-state index >= 15 is 0 Å². The number of methoxy groups -OCH3 is 1. The molecule has 1 aromatic heterocycles. The number of nitrogens with zero attached hydrogens (tertiary/aromatic N) is 1. The van der Waals surface area contributed by atoms with E-state index in [9.17, 15) is 19.1 Å². The van der Waals surface area contributed by atoms with Crippen molar-refractivity contribution in [3.05, 3.63) is 93.1 Å². The van der Waals surface area contributed by atoms with Crippen LogP contribution in [0.5, 0.6) is 5.75 Å². The highest BCUT2D eigenvalue weighted by Gasteiger charge is 2.47. The van der Waals surface area contributed by atoms with E-state index < -0.39 is 29.3 Å². The van der Waals surface area contributed by atoms with Gasteiger partial charge in [-0.1, -0.05) is 35.3 Å². The highest BCUT2D eigenvalue weighted by Crippen LogP contribution is 2.43. The second-order valence-electron chi connectivity index (χ2n) is 7.04. The molecular weight excluding hydrogens is 460 g/mol. The third kappa shape index (κ3) is 3.85. The molecule has 1 aliphatic heterocycles. The Labute approximate surface area is 192 Å². The summed E-state index contributed by atoms with van der Waals surface area (Å²) in [5, 5.41) is 11.5. The van der Waals surface area contributed by atoms with Crippen LogP contribution in [0.1, 0.15) is 22.9 Å². The number of hydrogen-bond donors (Lipinski definition) is 1. The molecular formula is C23H16Cl2FNO5. The van der Waals surface area contributed by atoms with Crippen LogP contribution in [0.3, 0.4) is 0 Å². The zero-order valence-electron chi connectivity index (χ0n) is 16.6. The predicted octanol–water partition coefficient (Wildman–Crippen LogP) is 5.36. The molecule has 0 spiro atoms. The average Bonchev–Trinajstić information content (AvgIpc) is 3.37. The van der Waals surface area contributed by atoms with Crippen molar-refractivity contribution >= 4 is 40.7 Å². The maximum atomic E-state index is 13.3. The van der Waals surface area contributed by atoms with E-state index in [0.717, 1.165) is 0 Å². The molecule has 1 aliphatic rings. The number of aliphatic hydroxyl groups excluding tert-OH is 1. The number of carbonyl (C=O) groups excluding carboxylic acids is 2. The number of aliphatic hydroxyl groups is 1. The highest BCUT2D eigenvalue weighted by atomic mass is 35.5. The van der Waals surface area contributed by atoms with Crippen LogP contribution in [-0.4, -0.2) is 28.8 Å². The number of furan rings is 1. The fourth-order valence-corrected chi connectivity index (χ4v) is 4.23. The molecule has 4 rings (SSSR count). The Kier molecular flexibility index (Phi) is 5.95. The molecule has 1 atom stereocenters. The highest BCUT2D eigenvalue weighted by molar-refractivity contribution is 6.46. The Morgan fingerprint density at radius 2 is 1.91 bits per heavy atom. The minimum atomic E-state index is -1.03. The largest absolute Gasteiger partial charge is 0.507 e. The number of ketones is 1. The Hall–Kier alpha value is -3.29. The van der Waals surface area contributed by atoms with E-state index in [4.69, 9.17) is 32.4 Å². The summed E-state index contributed by atoms with van der Waals surface area (Å²) in [5.41, 5.74) is 0.443. The van der Waals surface area contributed by atoms with Crippen molar-refractivity contribution in [1.82, 2.24) is 4.90 Å². The van der Waals surface area contributed by atoms with Gasteiger partial charge in [0.25, 0.3) is 11.7 Å². The lowest BCUT2D eigenvalue weighted by molar-refractivity contribution is -0.140. The number of hydrogen-bond acceptors (Lipinski definition) is 5. The average molecular weight is 476 g/mol. The normalized spacial score (nSPS) is 17.8. The van der Waals surface area contributed by atoms with E-state index in [1.807, 2.05) is 0 Å². The lowest BCUT2D eigenvalue weighted by atomic mass is 9.98. The molecule has 0 bridgehead atoms. The Morgan fingerprint density at radius 3 is 2.53 bits per heavy atom. The van der Waals surface area contributed by atoms with Gasteiger partial charge >= 0.3 is 0 Å². The Morgan fingerprint density at radius 1 is 1.19 bits per heavy atom. The third-order valence-electron chi connectivity index (χ3n) is 5.09. The van der Waals surface area contributed by atoms with Crippen molar-refractivity contribution in [1.29, 1.82) is 0 Å². The molecule has 1 fully saturated rings. The third-order valence-corrected chi connectivity index (χ3v) is 5.59. The number of rotatable bonds is 5. The first-order valence-corrected chi connectivity index (χ1v) is 10.2. The van der Waals surface area contributed by atoms with Crippen LogP contribution < -0.4 is 4.74 Å². The van der Waals surface area contributed by atoms with Gasteiger partial charge in [-0.2, -0.15) is 0 Å². The van der Waals surface area contributed by atoms with Crippen LogP contribution in [0.15, 0.2) is 64.8 Å². The summed E-state index contributed by atoms with van der Waals surface area (Å²) in [5.74, 6) is -2.33. The van der Waals surface area contributed by atoms with Gasteiger partial charge in [0.1, 0.15) is 29.1 Å². The quantitative estimate of drug-likeness (QED) is 0.305. The van der Waals surface area contributed by atoms with E-state index in [1.54, 1.807) is 12.1 Å². The SMILES string of the molecule is COc1c(Cl)cc(Cl)cc1/C(O)=C1/C(=O)C(=O)N(Cc2ccc(F)cc2)C1c1ccco1. The van der Waals surface area contributed by atoms with Gasteiger partial charge in [-0.25, -0.2) is 4.39 Å². The van der Waals surface area contributed by atoms with E-state index in [1.165, 1.54) is 54.7 Å². The number of halogens is 3. The maximum absolute atomic E-state index is 13.3. The Bertz CT molecular complexity index is 1220. The molecule has 2 heterocycles. The lowest BCUT2D eigenvalue weighted by Gasteiger charge is -2.23. The van der Waals surface area contributed by atoms with Crippen molar-refractivity contribution in [3.63, 3.8) is 0 Å². The molecule has 1 amide bonds. The summed E-state index contributed by atoms with van der Waals surface area (Å²) in [6, 6.07) is 10.5. The molecule has 0 radical (unpaired) electrons. The van der Waals surface area contributed by atoms with Crippen LogP contribution in [0.4, 0.5) is 4.39 Å². The van der Waals surface area contributed by atoms with Crippen LogP contribution in [0, 0.1) is 5.82 Å². The molecule has 3 aromatic rings. The second kappa shape index (κ2) is 8.68. The summed E-state index contributed by atoms with van der Waals surface area (Å²) in [6.07, 6.45) is 1.39. The van der Waals surface area contributed by atoms with Gasteiger partial charge < -0.3 is 19.2 Å². The molecule has 2 aromatic carbocycles. The van der Waals surface area contributed by atoms with Gasteiger partial charge in [-0.15, -0.1) is 0 Å². The zero-order valence-corrected chi connectivity index (χ0v) is 18.2. The molecule has 164 valence electrons. The number of ether oxygens (including phenoxy) is 1. The zero-order chi connectivity index (χ0) is 23.0. The number of amides is 1. The summed E-state index contributed by atoms with van der Waals surface area (Å²) < 4.78 is 24.1. The molecule has 1 N–H and O–H groups in total. The van der Waals surface area contributed by atoms with Gasteiger partial charge in [0.15, 0.2) is 0 Å². The number of likely N-dealkylation sites (tertiary alicyclic amines) is 1. The fraction of sp³-hybridized carbons (Fsp3) is 0.130. The molecule has 6 nitrogen and oxygen atoms in total. The molecule has 0 aliphatic carbocycles. The van der Waals surface area contributed by atoms with Crippen molar-refractivity contribution in [3.8, 4) is 5.75 Å². The monoisotopic (exact) mass is 475 g/mol. The van der Waals surface area contributed by atoms with E-state index in [-0.39, 0.29) is 39.2 Å². The summed E-state index contributed by atoms with van der Waals surface area (Å²) in [7, 11) is 1.35. The smallest absolute Gasteiger partial charge is 0.296 e. The van der Waals surface area contributed by atoms with Gasteiger partial charge in [0.05, 0.1) is 29.5 Å². The summed E-state index contributed by atoms with van der Waals surface area (Å²) in [4.78, 5) is 27.2. The van der Waals surface area contributed by atoms with Gasteiger partial charge in [0.2, 0.25) is 0 Å². The minimum absolute atomic E-state index is 0.0135. The van der Waals surface area contributed by atoms with Crippen molar-refractivity contribution < 1.29 is 28.2 Å². The van der Waals surface area contributed by atoms with Crippen molar-refractivity contribution in [2.24, 2.45) is 0 Å². The van der Waals surface area contributed by atoms with Gasteiger partial charge in [-0.05, 0) is 42.0 Å². The molecule has 1 saturated heterocycles. The lowest BCUT2D eigenvalue weighted by Crippen LogP contribution is -2.29. The predicted molar refractivity (Wildman–Crippen MR) is 116 cm³/mol. The van der Waals surface area contributed by atoms with Crippen LogP contribution in [0.2, 0.25) is 10.0 Å². The first kappa shape index (κ1) is 21.9. The van der Waals surface area contributed by atoms with Crippen molar-refractivity contribution in [2.75, 3.05) is 7.11 Å². The molecule has 0 saturated carbocycles. The minimum Gasteiger partial charge on any atom is -0.507 e. The second-order valence-corrected chi connectivity index (χ2v) is 7.88. The molecule has 1 unspecified atom stereocenters. The number of carbonyl (C=O) groups is 2. The van der Waals surface area contributed by atoms with Gasteiger partial charge in [0, 0.05) is 11.6 Å². The van der Waals surface area contributed by atoms with E-state index in [2.05, 4.69) is 0 Å². The first-order valence-electron chi connectivity index (χ1n) is 9.41. The summed E-state index contributed by atoms with van der Waals surface area (Å²) in [6.45, 7) is -0.0135. The molecule has 9 heteroatoms. The fourth-order valence-electron chi connectivity index (χ4n) is 3.66. The van der Waals surface area contributed by atoms with Crippen LogP contribution in [-0.2, 0) is 16.1 Å². The Balaban J connectivity index is 1.88. The van der Waals surface area contributed by atoms with Crippen molar-refractivity contribution in [2.45, 2.75) is 12.6 Å². The summed E-state index contributed by atoms with van der Waals surface area (Å²) >= 11 is 12.3. The first-order chi connectivity index (χ1) is 15.3. The topological polar surface area (TPSA) is 80.0 Å². The van der Waals surface area contributed by atoms with Crippen LogP contribution in [0.25, 0.3) is 5.76 Å². The molecule has 32 heavy (non-hydrogen) atoms. The van der Waals surface area contributed by atoms with Gasteiger partial charge in [-0.3, -0.25) is 9.59 Å².